The van der Waals surface area contributed by atoms with Crippen LogP contribution in [0.1, 0.15) is 21.5 Å². The van der Waals surface area contributed by atoms with Crippen molar-refractivity contribution < 1.29 is 14.4 Å². The van der Waals surface area contributed by atoms with Gasteiger partial charge in [0.25, 0.3) is 0 Å². The molecule has 0 spiro atoms. The number of imide groups is 1. The zero-order chi connectivity index (χ0) is 14.0. The number of carbonyl (C=O) groups is 3. The van der Waals surface area contributed by atoms with Crippen LogP contribution in [-0.4, -0.2) is 42.1 Å². The first-order valence-electron chi connectivity index (χ1n) is 6.11. The van der Waals surface area contributed by atoms with Crippen LogP contribution < -0.4 is 5.32 Å². The second kappa shape index (κ2) is 5.32. The van der Waals surface area contributed by atoms with Gasteiger partial charge in [-0.25, -0.2) is 0 Å². The molecule has 1 aliphatic rings. The molecule has 1 aliphatic heterocycles. The third kappa shape index (κ3) is 3.26. The first-order chi connectivity index (χ1) is 8.95. The molecule has 5 nitrogen and oxygen atoms in total. The molecule has 1 heterocycles. The summed E-state index contributed by atoms with van der Waals surface area (Å²) in [6.45, 7) is 4.19. The molecule has 0 atom stereocenters. The van der Waals surface area contributed by atoms with Crippen LogP contribution in [0.3, 0.4) is 0 Å². The quantitative estimate of drug-likeness (QED) is 0.633. The van der Waals surface area contributed by atoms with E-state index in [9.17, 15) is 14.4 Å². The lowest BCUT2D eigenvalue weighted by atomic mass is 10.0. The highest BCUT2D eigenvalue weighted by Gasteiger charge is 2.24. The van der Waals surface area contributed by atoms with Gasteiger partial charge in [0.15, 0.2) is 5.78 Å². The van der Waals surface area contributed by atoms with E-state index in [1.165, 1.54) is 0 Å². The fourth-order valence-electron chi connectivity index (χ4n) is 2.02. The van der Waals surface area contributed by atoms with Crippen LogP contribution in [0.15, 0.2) is 18.2 Å². The van der Waals surface area contributed by atoms with Gasteiger partial charge >= 0.3 is 0 Å². The maximum Gasteiger partial charge on any atom is 0.240 e. The Balaban J connectivity index is 2.06. The summed E-state index contributed by atoms with van der Waals surface area (Å²) in [7, 11) is 0. The van der Waals surface area contributed by atoms with Crippen LogP contribution in [0.4, 0.5) is 0 Å². The normalized spacial score (nSPS) is 16.3. The van der Waals surface area contributed by atoms with Crippen LogP contribution in [-0.2, 0) is 9.59 Å². The summed E-state index contributed by atoms with van der Waals surface area (Å²) in [5.74, 6) is -0.793. The molecule has 0 bridgehead atoms. The highest BCUT2D eigenvalue weighted by Crippen LogP contribution is 2.11. The number of hydrogen-bond donors (Lipinski definition) is 1. The minimum absolute atomic E-state index is 0.0781. The first-order valence-corrected chi connectivity index (χ1v) is 6.11. The third-order valence-electron chi connectivity index (χ3n) is 3.21. The van der Waals surface area contributed by atoms with E-state index in [1.807, 2.05) is 26.0 Å². The summed E-state index contributed by atoms with van der Waals surface area (Å²) in [6.07, 6.45) is 0. The van der Waals surface area contributed by atoms with E-state index in [-0.39, 0.29) is 37.2 Å². The molecule has 1 aromatic carbocycles. The van der Waals surface area contributed by atoms with E-state index in [1.54, 1.807) is 11.0 Å². The van der Waals surface area contributed by atoms with Crippen molar-refractivity contribution in [3.63, 3.8) is 0 Å². The summed E-state index contributed by atoms with van der Waals surface area (Å²) in [5.41, 5.74) is 2.80. The fraction of sp³-hybridized carbons (Fsp3) is 0.357. The van der Waals surface area contributed by atoms with Crippen LogP contribution >= 0.6 is 0 Å². The SMILES string of the molecule is Cc1ccc(C(=O)CN2CC(=O)NC(=O)C2)cc1C. The number of hydrogen-bond acceptors (Lipinski definition) is 4. The van der Waals surface area contributed by atoms with Gasteiger partial charge in [0.1, 0.15) is 0 Å². The first kappa shape index (κ1) is 13.4. The number of aryl methyl sites for hydroxylation is 2. The lowest BCUT2D eigenvalue weighted by Gasteiger charge is -2.24. The molecule has 5 heteroatoms. The fourth-order valence-corrected chi connectivity index (χ4v) is 2.02. The Kier molecular flexibility index (Phi) is 3.76. The van der Waals surface area contributed by atoms with Crippen molar-refractivity contribution in [2.45, 2.75) is 13.8 Å². The van der Waals surface area contributed by atoms with Crippen molar-refractivity contribution in [2.75, 3.05) is 19.6 Å². The van der Waals surface area contributed by atoms with Crippen molar-refractivity contribution >= 4 is 17.6 Å². The molecule has 100 valence electrons. The van der Waals surface area contributed by atoms with Crippen molar-refractivity contribution in [2.24, 2.45) is 0 Å². The summed E-state index contributed by atoms with van der Waals surface area (Å²) in [5, 5.41) is 2.21. The summed E-state index contributed by atoms with van der Waals surface area (Å²) in [4.78, 5) is 36.1. The zero-order valence-corrected chi connectivity index (χ0v) is 11.0. The average Bonchev–Trinajstić information content (AvgIpc) is 2.31. The number of ketones is 1. The Labute approximate surface area is 111 Å². The number of carbonyl (C=O) groups excluding carboxylic acids is 3. The van der Waals surface area contributed by atoms with Gasteiger partial charge in [-0.2, -0.15) is 0 Å². The summed E-state index contributed by atoms with van der Waals surface area (Å²) < 4.78 is 0. The molecule has 19 heavy (non-hydrogen) atoms. The second-order valence-electron chi connectivity index (χ2n) is 4.84. The topological polar surface area (TPSA) is 66.5 Å². The van der Waals surface area contributed by atoms with Gasteiger partial charge in [-0.05, 0) is 31.0 Å². The summed E-state index contributed by atoms with van der Waals surface area (Å²) in [6, 6.07) is 5.51. The highest BCUT2D eigenvalue weighted by molar-refractivity contribution is 6.01. The van der Waals surface area contributed by atoms with E-state index in [0.29, 0.717) is 5.56 Å². The van der Waals surface area contributed by atoms with Crippen molar-refractivity contribution in [1.82, 2.24) is 10.2 Å². The number of Topliss-reactive ketones (excluding diaryl/α,β-unsaturated/α-hetero) is 1. The molecule has 0 unspecified atom stereocenters. The standard InChI is InChI=1S/C14H16N2O3/c1-9-3-4-11(5-10(9)2)12(17)6-16-7-13(18)15-14(19)8-16/h3-5H,6-8H2,1-2H3,(H,15,18,19). The number of nitrogens with zero attached hydrogens (tertiary/aromatic N) is 1. The third-order valence-corrected chi connectivity index (χ3v) is 3.21. The van der Waals surface area contributed by atoms with Gasteiger partial charge in [0.05, 0.1) is 19.6 Å². The number of benzene rings is 1. The number of piperazine rings is 1. The maximum absolute atomic E-state index is 12.1. The van der Waals surface area contributed by atoms with E-state index >= 15 is 0 Å². The minimum Gasteiger partial charge on any atom is -0.294 e. The van der Waals surface area contributed by atoms with Gasteiger partial charge in [-0.1, -0.05) is 12.1 Å². The molecular weight excluding hydrogens is 244 g/mol. The van der Waals surface area contributed by atoms with Crippen LogP contribution in [0.25, 0.3) is 0 Å². The minimum atomic E-state index is -0.357. The predicted molar refractivity (Wildman–Crippen MR) is 69.8 cm³/mol. The van der Waals surface area contributed by atoms with E-state index in [0.717, 1.165) is 11.1 Å². The lowest BCUT2D eigenvalue weighted by molar-refractivity contribution is -0.135. The Morgan fingerprint density at radius 3 is 2.37 bits per heavy atom. The molecule has 2 amide bonds. The summed E-state index contributed by atoms with van der Waals surface area (Å²) >= 11 is 0. The van der Waals surface area contributed by atoms with E-state index < -0.39 is 0 Å². The second-order valence-corrected chi connectivity index (χ2v) is 4.84. The van der Waals surface area contributed by atoms with Gasteiger partial charge in [-0.3, -0.25) is 24.6 Å². The Bertz CT molecular complexity index is 536. The number of amides is 2. The van der Waals surface area contributed by atoms with Crippen molar-refractivity contribution in [3.8, 4) is 0 Å². The van der Waals surface area contributed by atoms with E-state index in [2.05, 4.69) is 5.32 Å². The van der Waals surface area contributed by atoms with E-state index in [4.69, 9.17) is 0 Å². The highest BCUT2D eigenvalue weighted by atomic mass is 16.2. The molecule has 0 saturated carbocycles. The van der Waals surface area contributed by atoms with Crippen molar-refractivity contribution in [1.29, 1.82) is 0 Å². The molecule has 0 aromatic heterocycles. The van der Waals surface area contributed by atoms with Gasteiger partial charge in [0, 0.05) is 5.56 Å². The Morgan fingerprint density at radius 1 is 1.16 bits per heavy atom. The van der Waals surface area contributed by atoms with Crippen LogP contribution in [0.2, 0.25) is 0 Å². The Hall–Kier alpha value is -2.01. The maximum atomic E-state index is 12.1. The van der Waals surface area contributed by atoms with Gasteiger partial charge in [0.2, 0.25) is 11.8 Å². The average molecular weight is 260 g/mol. The van der Waals surface area contributed by atoms with Crippen LogP contribution in [0.5, 0.6) is 0 Å². The lowest BCUT2D eigenvalue weighted by Crippen LogP contribution is -2.52. The smallest absolute Gasteiger partial charge is 0.240 e. The molecular formula is C14H16N2O3. The van der Waals surface area contributed by atoms with Gasteiger partial charge in [-0.15, -0.1) is 0 Å². The number of nitrogens with one attached hydrogen (secondary N) is 1. The zero-order valence-electron chi connectivity index (χ0n) is 11.0. The largest absolute Gasteiger partial charge is 0.294 e. The molecule has 1 saturated heterocycles. The molecule has 1 fully saturated rings. The molecule has 1 aromatic rings. The molecule has 0 radical (unpaired) electrons. The number of rotatable bonds is 3. The molecule has 0 aliphatic carbocycles. The van der Waals surface area contributed by atoms with Gasteiger partial charge < -0.3 is 0 Å². The molecule has 1 N–H and O–H groups in total. The van der Waals surface area contributed by atoms with Crippen LogP contribution in [0, 0.1) is 13.8 Å². The predicted octanol–water partition coefficient (Wildman–Crippen LogP) is 0.445. The molecule has 2 rings (SSSR count). The Morgan fingerprint density at radius 2 is 1.79 bits per heavy atom. The monoisotopic (exact) mass is 260 g/mol. The van der Waals surface area contributed by atoms with Crippen molar-refractivity contribution in [3.05, 3.63) is 34.9 Å².